The summed E-state index contributed by atoms with van der Waals surface area (Å²) in [4.78, 5) is 24.0. The van der Waals surface area contributed by atoms with E-state index in [9.17, 15) is 9.59 Å². The summed E-state index contributed by atoms with van der Waals surface area (Å²) in [5.41, 5.74) is 0. The highest BCUT2D eigenvalue weighted by Crippen LogP contribution is 2.08. The molecule has 0 bridgehead atoms. The smallest absolute Gasteiger partial charge is 0.307 e. The van der Waals surface area contributed by atoms with Crippen molar-refractivity contribution in [3.05, 3.63) is 29.7 Å². The Morgan fingerprint density at radius 2 is 2.17 bits per heavy atom. The summed E-state index contributed by atoms with van der Waals surface area (Å²) in [6, 6.07) is 3.61. The summed E-state index contributed by atoms with van der Waals surface area (Å²) in [5, 5.41) is 0. The highest BCUT2D eigenvalue weighted by atomic mass is 16.5. The summed E-state index contributed by atoms with van der Waals surface area (Å²) in [6.07, 6.45) is 3.20. The molecule has 1 aromatic rings. The van der Waals surface area contributed by atoms with E-state index in [4.69, 9.17) is 4.42 Å². The predicted molar refractivity (Wildman–Crippen MR) is 66.7 cm³/mol. The monoisotopic (exact) mass is 251 g/mol. The molecular formula is C13H17NO4. The molecule has 0 saturated heterocycles. The summed E-state index contributed by atoms with van der Waals surface area (Å²) >= 11 is 0. The second-order valence-corrected chi connectivity index (χ2v) is 3.87. The van der Waals surface area contributed by atoms with Gasteiger partial charge in [-0.15, -0.1) is 0 Å². The second-order valence-electron chi connectivity index (χ2n) is 3.87. The molecular weight excluding hydrogens is 234 g/mol. The fraction of sp³-hybridized carbons (Fsp3) is 0.385. The van der Waals surface area contributed by atoms with Gasteiger partial charge in [-0.2, -0.15) is 0 Å². The van der Waals surface area contributed by atoms with Gasteiger partial charge >= 0.3 is 5.97 Å². The van der Waals surface area contributed by atoms with Crippen molar-refractivity contribution < 1.29 is 18.7 Å². The Hall–Kier alpha value is -2.04. The van der Waals surface area contributed by atoms with E-state index in [0.29, 0.717) is 12.3 Å². The zero-order valence-corrected chi connectivity index (χ0v) is 10.8. The number of carbonyl (C=O) groups is 2. The van der Waals surface area contributed by atoms with Gasteiger partial charge in [-0.05, 0) is 25.1 Å². The lowest BCUT2D eigenvalue weighted by molar-refractivity contribution is -0.141. The van der Waals surface area contributed by atoms with E-state index < -0.39 is 0 Å². The SMILES string of the molecule is COC(=O)CCN(C)C(=O)C=Cc1ccc(C)o1. The number of hydrogen-bond acceptors (Lipinski definition) is 4. The highest BCUT2D eigenvalue weighted by molar-refractivity contribution is 5.91. The molecule has 0 aliphatic rings. The van der Waals surface area contributed by atoms with Crippen LogP contribution in [0.5, 0.6) is 0 Å². The second kappa shape index (κ2) is 6.64. The number of amides is 1. The number of esters is 1. The molecule has 5 heteroatoms. The first-order valence-electron chi connectivity index (χ1n) is 5.59. The maximum atomic E-state index is 11.7. The minimum Gasteiger partial charge on any atom is -0.469 e. The lowest BCUT2D eigenvalue weighted by Crippen LogP contribution is -2.27. The molecule has 1 heterocycles. The molecule has 1 rings (SSSR count). The lowest BCUT2D eigenvalue weighted by atomic mass is 10.3. The topological polar surface area (TPSA) is 59.8 Å². The highest BCUT2D eigenvalue weighted by Gasteiger charge is 2.08. The molecule has 0 N–H and O–H groups in total. The molecule has 0 unspecified atom stereocenters. The minimum atomic E-state index is -0.333. The molecule has 0 aliphatic carbocycles. The number of furan rings is 1. The fourth-order valence-electron chi connectivity index (χ4n) is 1.29. The van der Waals surface area contributed by atoms with Gasteiger partial charge in [-0.25, -0.2) is 0 Å². The standard InChI is InChI=1S/C13H17NO4/c1-10-4-5-11(18-10)6-7-12(15)14(2)9-8-13(16)17-3/h4-7H,8-9H2,1-3H3. The van der Waals surface area contributed by atoms with Crippen LogP contribution in [0.4, 0.5) is 0 Å². The molecule has 0 aromatic carbocycles. The number of ether oxygens (including phenoxy) is 1. The quantitative estimate of drug-likeness (QED) is 0.589. The molecule has 0 fully saturated rings. The minimum absolute atomic E-state index is 0.187. The molecule has 1 aromatic heterocycles. The van der Waals surface area contributed by atoms with Crippen molar-refractivity contribution in [2.45, 2.75) is 13.3 Å². The number of aryl methyl sites for hydroxylation is 1. The zero-order chi connectivity index (χ0) is 13.5. The predicted octanol–water partition coefficient (Wildman–Crippen LogP) is 1.62. The van der Waals surface area contributed by atoms with E-state index in [-0.39, 0.29) is 18.3 Å². The van der Waals surface area contributed by atoms with Crippen LogP contribution >= 0.6 is 0 Å². The molecule has 0 aliphatic heterocycles. The van der Waals surface area contributed by atoms with Gasteiger partial charge in [-0.3, -0.25) is 9.59 Å². The van der Waals surface area contributed by atoms with E-state index in [2.05, 4.69) is 4.74 Å². The largest absolute Gasteiger partial charge is 0.469 e. The fourth-order valence-corrected chi connectivity index (χ4v) is 1.29. The molecule has 0 radical (unpaired) electrons. The summed E-state index contributed by atoms with van der Waals surface area (Å²) in [6.45, 7) is 2.16. The Morgan fingerprint density at radius 1 is 1.44 bits per heavy atom. The van der Waals surface area contributed by atoms with E-state index in [1.54, 1.807) is 19.2 Å². The summed E-state index contributed by atoms with van der Waals surface area (Å²) in [5.74, 6) is 0.900. The number of hydrogen-bond donors (Lipinski definition) is 0. The van der Waals surface area contributed by atoms with Crippen molar-refractivity contribution in [2.75, 3.05) is 20.7 Å². The Labute approximate surface area is 106 Å². The molecule has 0 atom stereocenters. The van der Waals surface area contributed by atoms with Crippen LogP contribution in [0.1, 0.15) is 17.9 Å². The van der Waals surface area contributed by atoms with E-state index >= 15 is 0 Å². The number of carbonyl (C=O) groups excluding carboxylic acids is 2. The van der Waals surface area contributed by atoms with Crippen LogP contribution in [0, 0.1) is 6.92 Å². The van der Waals surface area contributed by atoms with Gasteiger partial charge in [-0.1, -0.05) is 0 Å². The first-order chi connectivity index (χ1) is 8.52. The van der Waals surface area contributed by atoms with Gasteiger partial charge in [0.1, 0.15) is 11.5 Å². The maximum Gasteiger partial charge on any atom is 0.307 e. The van der Waals surface area contributed by atoms with Crippen LogP contribution < -0.4 is 0 Å². The van der Waals surface area contributed by atoms with Crippen LogP contribution in [0.2, 0.25) is 0 Å². The maximum absolute atomic E-state index is 11.7. The number of methoxy groups -OCH3 is 1. The van der Waals surface area contributed by atoms with Crippen LogP contribution in [0.15, 0.2) is 22.6 Å². The third-order valence-corrected chi connectivity index (χ3v) is 2.41. The van der Waals surface area contributed by atoms with E-state index in [1.807, 2.05) is 13.0 Å². The normalized spacial score (nSPS) is 10.6. The molecule has 0 saturated carbocycles. The number of nitrogens with zero attached hydrogens (tertiary/aromatic N) is 1. The lowest BCUT2D eigenvalue weighted by Gasteiger charge is -2.13. The summed E-state index contributed by atoms with van der Waals surface area (Å²) < 4.78 is 9.80. The molecule has 98 valence electrons. The van der Waals surface area contributed by atoms with Gasteiger partial charge in [0.15, 0.2) is 0 Å². The van der Waals surface area contributed by atoms with Crippen molar-refractivity contribution in [1.29, 1.82) is 0 Å². The third-order valence-electron chi connectivity index (χ3n) is 2.41. The summed E-state index contributed by atoms with van der Waals surface area (Å²) in [7, 11) is 2.95. The Bertz CT molecular complexity index is 448. The Morgan fingerprint density at radius 3 is 2.72 bits per heavy atom. The van der Waals surface area contributed by atoms with E-state index in [0.717, 1.165) is 5.76 Å². The molecule has 5 nitrogen and oxygen atoms in total. The van der Waals surface area contributed by atoms with Crippen LogP contribution in [0.3, 0.4) is 0 Å². The number of rotatable bonds is 5. The van der Waals surface area contributed by atoms with Crippen LogP contribution in [0.25, 0.3) is 6.08 Å². The van der Waals surface area contributed by atoms with Gasteiger partial charge < -0.3 is 14.1 Å². The van der Waals surface area contributed by atoms with Crippen molar-refractivity contribution in [3.8, 4) is 0 Å². The van der Waals surface area contributed by atoms with Crippen LogP contribution in [-0.2, 0) is 14.3 Å². The van der Waals surface area contributed by atoms with Gasteiger partial charge in [0, 0.05) is 19.7 Å². The first-order valence-corrected chi connectivity index (χ1v) is 5.59. The number of likely N-dealkylation sites (N-methyl/N-ethyl adjacent to an activating group) is 1. The van der Waals surface area contributed by atoms with Crippen molar-refractivity contribution >= 4 is 18.0 Å². The van der Waals surface area contributed by atoms with Crippen molar-refractivity contribution in [2.24, 2.45) is 0 Å². The average Bonchev–Trinajstić information content (AvgIpc) is 2.78. The van der Waals surface area contributed by atoms with Gasteiger partial charge in [0.05, 0.1) is 13.5 Å². The molecule has 18 heavy (non-hydrogen) atoms. The Kier molecular flexibility index (Phi) is 5.17. The molecule has 1 amide bonds. The first kappa shape index (κ1) is 14.0. The average molecular weight is 251 g/mol. The molecule has 0 spiro atoms. The van der Waals surface area contributed by atoms with E-state index in [1.165, 1.54) is 18.1 Å². The van der Waals surface area contributed by atoms with Crippen molar-refractivity contribution in [3.63, 3.8) is 0 Å². The van der Waals surface area contributed by atoms with Crippen molar-refractivity contribution in [1.82, 2.24) is 4.90 Å². The zero-order valence-electron chi connectivity index (χ0n) is 10.8. The van der Waals surface area contributed by atoms with Crippen LogP contribution in [-0.4, -0.2) is 37.5 Å². The van der Waals surface area contributed by atoms with Gasteiger partial charge in [0.25, 0.3) is 0 Å². The third kappa shape index (κ3) is 4.45. The van der Waals surface area contributed by atoms with Gasteiger partial charge in [0.2, 0.25) is 5.91 Å². The Balaban J connectivity index is 2.44.